The number of hydrogen-bond acceptors (Lipinski definition) is 4. The second-order valence-corrected chi connectivity index (χ2v) is 5.74. The maximum atomic E-state index is 11.7. The maximum absolute atomic E-state index is 11.7. The number of anilines is 2. The summed E-state index contributed by atoms with van der Waals surface area (Å²) >= 11 is 0. The lowest BCUT2D eigenvalue weighted by atomic mass is 10.2. The van der Waals surface area contributed by atoms with E-state index in [-0.39, 0.29) is 24.4 Å². The molecule has 122 valence electrons. The van der Waals surface area contributed by atoms with E-state index in [0.29, 0.717) is 11.7 Å². The zero-order valence-corrected chi connectivity index (χ0v) is 14.1. The predicted octanol–water partition coefficient (Wildman–Crippen LogP) is 3.06. The third-order valence-electron chi connectivity index (χ3n) is 3.26. The summed E-state index contributed by atoms with van der Waals surface area (Å²) in [6.45, 7) is 10.5. The van der Waals surface area contributed by atoms with Crippen molar-refractivity contribution in [2.24, 2.45) is 5.92 Å². The van der Waals surface area contributed by atoms with E-state index in [2.05, 4.69) is 31.0 Å². The number of ether oxygens (including phenoxy) is 1. The highest BCUT2D eigenvalue weighted by Gasteiger charge is 2.12. The van der Waals surface area contributed by atoms with Crippen molar-refractivity contribution in [2.45, 2.75) is 40.7 Å². The second-order valence-electron chi connectivity index (χ2n) is 5.74. The minimum Gasteiger partial charge on any atom is -0.455 e. The van der Waals surface area contributed by atoms with E-state index in [4.69, 9.17) is 4.74 Å². The van der Waals surface area contributed by atoms with E-state index in [1.54, 1.807) is 13.8 Å². The van der Waals surface area contributed by atoms with Gasteiger partial charge in [0.05, 0.1) is 5.92 Å². The molecular weight excluding hydrogens is 280 g/mol. The van der Waals surface area contributed by atoms with Crippen LogP contribution in [0.4, 0.5) is 11.4 Å². The SMILES string of the molecule is CCN(c1ccc(NC(=O)COC(=O)C(C)C)cc1)C(C)C. The van der Waals surface area contributed by atoms with Crippen LogP contribution in [-0.2, 0) is 14.3 Å². The van der Waals surface area contributed by atoms with Gasteiger partial charge in [-0.25, -0.2) is 0 Å². The van der Waals surface area contributed by atoms with Crippen LogP contribution in [0.1, 0.15) is 34.6 Å². The summed E-state index contributed by atoms with van der Waals surface area (Å²) in [7, 11) is 0. The number of nitrogens with zero attached hydrogens (tertiary/aromatic N) is 1. The molecule has 0 radical (unpaired) electrons. The van der Waals surface area contributed by atoms with Gasteiger partial charge in [-0.2, -0.15) is 0 Å². The number of amides is 1. The van der Waals surface area contributed by atoms with E-state index >= 15 is 0 Å². The summed E-state index contributed by atoms with van der Waals surface area (Å²) in [4.78, 5) is 25.3. The lowest BCUT2D eigenvalue weighted by Gasteiger charge is -2.27. The molecule has 0 atom stereocenters. The largest absolute Gasteiger partial charge is 0.455 e. The van der Waals surface area contributed by atoms with E-state index in [1.165, 1.54) is 0 Å². The standard InChI is InChI=1S/C17H26N2O3/c1-6-19(13(4)5)15-9-7-14(8-10-15)18-16(20)11-22-17(21)12(2)3/h7-10,12-13H,6,11H2,1-5H3,(H,18,20). The van der Waals surface area contributed by atoms with Gasteiger partial charge in [-0.15, -0.1) is 0 Å². The van der Waals surface area contributed by atoms with Gasteiger partial charge >= 0.3 is 5.97 Å². The van der Waals surface area contributed by atoms with Crippen LogP contribution < -0.4 is 10.2 Å². The molecule has 1 amide bonds. The first-order chi connectivity index (χ1) is 10.3. The van der Waals surface area contributed by atoms with Crippen LogP contribution in [0.3, 0.4) is 0 Å². The molecule has 0 unspecified atom stereocenters. The Balaban J connectivity index is 2.57. The van der Waals surface area contributed by atoms with Crippen LogP contribution in [0.5, 0.6) is 0 Å². The summed E-state index contributed by atoms with van der Waals surface area (Å²) in [5.41, 5.74) is 1.80. The molecule has 0 aromatic heterocycles. The summed E-state index contributed by atoms with van der Waals surface area (Å²) < 4.78 is 4.89. The number of nitrogens with one attached hydrogen (secondary N) is 1. The molecule has 0 aliphatic heterocycles. The van der Waals surface area contributed by atoms with Gasteiger partial charge in [0.2, 0.25) is 0 Å². The second kappa shape index (κ2) is 8.41. The number of carbonyl (C=O) groups is 2. The monoisotopic (exact) mass is 306 g/mol. The third-order valence-corrected chi connectivity index (χ3v) is 3.26. The molecule has 0 spiro atoms. The van der Waals surface area contributed by atoms with Gasteiger partial charge < -0.3 is 15.0 Å². The topological polar surface area (TPSA) is 58.6 Å². The zero-order chi connectivity index (χ0) is 16.7. The fourth-order valence-electron chi connectivity index (χ4n) is 2.08. The lowest BCUT2D eigenvalue weighted by molar-refractivity contribution is -0.150. The molecule has 22 heavy (non-hydrogen) atoms. The van der Waals surface area contributed by atoms with Crippen molar-refractivity contribution in [3.05, 3.63) is 24.3 Å². The minimum atomic E-state index is -0.374. The maximum Gasteiger partial charge on any atom is 0.308 e. The van der Waals surface area contributed by atoms with Crippen LogP contribution >= 0.6 is 0 Å². The molecule has 0 saturated carbocycles. The highest BCUT2D eigenvalue weighted by Crippen LogP contribution is 2.19. The first-order valence-corrected chi connectivity index (χ1v) is 7.68. The molecule has 0 heterocycles. The molecule has 0 bridgehead atoms. The van der Waals surface area contributed by atoms with Crippen molar-refractivity contribution < 1.29 is 14.3 Å². The van der Waals surface area contributed by atoms with Crippen molar-refractivity contribution in [1.29, 1.82) is 0 Å². The number of carbonyl (C=O) groups excluding carboxylic acids is 2. The van der Waals surface area contributed by atoms with Crippen LogP contribution in [0.15, 0.2) is 24.3 Å². The molecule has 0 fully saturated rings. The predicted molar refractivity (Wildman–Crippen MR) is 89.0 cm³/mol. The molecule has 1 aromatic carbocycles. The molecule has 0 aliphatic carbocycles. The number of hydrogen-bond donors (Lipinski definition) is 1. The Kier molecular flexibility index (Phi) is 6.89. The summed E-state index contributed by atoms with van der Waals surface area (Å²) in [6, 6.07) is 8.06. The summed E-state index contributed by atoms with van der Waals surface area (Å²) in [5, 5.41) is 2.71. The fourth-order valence-corrected chi connectivity index (χ4v) is 2.08. The molecule has 1 N–H and O–H groups in total. The average molecular weight is 306 g/mol. The Morgan fingerprint density at radius 3 is 2.18 bits per heavy atom. The molecule has 5 nitrogen and oxygen atoms in total. The van der Waals surface area contributed by atoms with Crippen molar-refractivity contribution in [3.8, 4) is 0 Å². The zero-order valence-electron chi connectivity index (χ0n) is 14.1. The summed E-state index contributed by atoms with van der Waals surface area (Å²) in [6.07, 6.45) is 0. The minimum absolute atomic E-state index is 0.233. The quantitative estimate of drug-likeness (QED) is 0.787. The van der Waals surface area contributed by atoms with Gasteiger partial charge in [0.25, 0.3) is 5.91 Å². The average Bonchev–Trinajstić information content (AvgIpc) is 2.46. The van der Waals surface area contributed by atoms with E-state index < -0.39 is 0 Å². The smallest absolute Gasteiger partial charge is 0.308 e. The Labute approximate surface area is 132 Å². The van der Waals surface area contributed by atoms with Crippen LogP contribution in [-0.4, -0.2) is 31.1 Å². The molecule has 1 aromatic rings. The molecule has 5 heteroatoms. The van der Waals surface area contributed by atoms with E-state index in [9.17, 15) is 9.59 Å². The van der Waals surface area contributed by atoms with Crippen LogP contribution in [0, 0.1) is 5.92 Å². The highest BCUT2D eigenvalue weighted by molar-refractivity contribution is 5.93. The van der Waals surface area contributed by atoms with Gasteiger partial charge in [-0.1, -0.05) is 13.8 Å². The van der Waals surface area contributed by atoms with Gasteiger partial charge in [-0.05, 0) is 45.0 Å². The van der Waals surface area contributed by atoms with Crippen molar-refractivity contribution in [1.82, 2.24) is 0 Å². The number of esters is 1. The summed E-state index contributed by atoms with van der Waals surface area (Å²) in [5.74, 6) is -0.942. The fraction of sp³-hybridized carbons (Fsp3) is 0.529. The molecule has 1 rings (SSSR count). The van der Waals surface area contributed by atoms with Gasteiger partial charge in [0.1, 0.15) is 0 Å². The third kappa shape index (κ3) is 5.39. The molecular formula is C17H26N2O3. The lowest BCUT2D eigenvalue weighted by Crippen LogP contribution is -2.30. The van der Waals surface area contributed by atoms with Crippen molar-refractivity contribution in [3.63, 3.8) is 0 Å². The number of rotatable bonds is 7. The van der Waals surface area contributed by atoms with Crippen LogP contribution in [0.2, 0.25) is 0 Å². The number of benzene rings is 1. The first-order valence-electron chi connectivity index (χ1n) is 7.68. The molecule has 0 saturated heterocycles. The molecule has 0 aliphatic rings. The van der Waals surface area contributed by atoms with Crippen LogP contribution in [0.25, 0.3) is 0 Å². The van der Waals surface area contributed by atoms with E-state index in [1.807, 2.05) is 24.3 Å². The Hall–Kier alpha value is -2.04. The van der Waals surface area contributed by atoms with Crippen molar-refractivity contribution in [2.75, 3.05) is 23.4 Å². The normalized spacial score (nSPS) is 10.7. The Morgan fingerprint density at radius 1 is 1.14 bits per heavy atom. The Morgan fingerprint density at radius 2 is 1.73 bits per heavy atom. The first kappa shape index (κ1) is 18.0. The van der Waals surface area contributed by atoms with Gasteiger partial charge in [0, 0.05) is 24.0 Å². The highest BCUT2D eigenvalue weighted by atomic mass is 16.5. The Bertz CT molecular complexity index is 495. The van der Waals surface area contributed by atoms with Gasteiger partial charge in [0.15, 0.2) is 6.61 Å². The van der Waals surface area contributed by atoms with Crippen molar-refractivity contribution >= 4 is 23.3 Å². The van der Waals surface area contributed by atoms with E-state index in [0.717, 1.165) is 12.2 Å². The van der Waals surface area contributed by atoms with Gasteiger partial charge in [-0.3, -0.25) is 9.59 Å².